The van der Waals surface area contributed by atoms with Gasteiger partial charge in [0.05, 0.1) is 20.8 Å². The Kier molecular flexibility index (Phi) is 5.35. The number of hydrogen-bond acceptors (Lipinski definition) is 9. The first-order chi connectivity index (χ1) is 11.9. The third-order valence-corrected chi connectivity index (χ3v) is 3.09. The van der Waals surface area contributed by atoms with Gasteiger partial charge in [0.1, 0.15) is 17.7 Å². The number of rotatable bonds is 8. The Balaban J connectivity index is 1.94. The summed E-state index contributed by atoms with van der Waals surface area (Å²) in [6, 6.07) is 6.05. The van der Waals surface area contributed by atoms with Gasteiger partial charge < -0.3 is 10.6 Å². The third-order valence-electron chi connectivity index (χ3n) is 3.09. The van der Waals surface area contributed by atoms with E-state index >= 15 is 0 Å². The van der Waals surface area contributed by atoms with Crippen molar-refractivity contribution in [2.75, 3.05) is 23.7 Å². The third kappa shape index (κ3) is 4.57. The van der Waals surface area contributed by atoms with Crippen LogP contribution in [0.15, 0.2) is 36.5 Å². The molecule has 1 aromatic carbocycles. The Hall–Kier alpha value is -3.83. The Morgan fingerprint density at radius 2 is 1.48 bits per heavy atom. The van der Waals surface area contributed by atoms with Gasteiger partial charge >= 0.3 is 0 Å². The van der Waals surface area contributed by atoms with Gasteiger partial charge in [-0.1, -0.05) is 0 Å². The first kappa shape index (κ1) is 17.5. The zero-order chi connectivity index (χ0) is 18.4. The second-order valence-corrected chi connectivity index (χ2v) is 4.73. The zero-order valence-electron chi connectivity index (χ0n) is 12.6. The van der Waals surface area contributed by atoms with E-state index in [0.717, 1.165) is 12.3 Å². The summed E-state index contributed by atoms with van der Waals surface area (Å²) in [5, 5.41) is 37.9. The van der Waals surface area contributed by atoms with Gasteiger partial charge in [-0.2, -0.15) is 0 Å². The van der Waals surface area contributed by atoms with Crippen molar-refractivity contribution < 1.29 is 14.8 Å². The molecule has 0 aliphatic heterocycles. The SMILES string of the molecule is O=[N+]([O-])c1ccc(NCCNc2ccc([N+](=O)[O-])cc2[N+](=O)[O-])nc1. The summed E-state index contributed by atoms with van der Waals surface area (Å²) in [4.78, 5) is 34.1. The summed E-state index contributed by atoms with van der Waals surface area (Å²) < 4.78 is 0. The summed E-state index contributed by atoms with van der Waals surface area (Å²) in [5.41, 5.74) is -0.757. The molecule has 2 aromatic rings. The highest BCUT2D eigenvalue weighted by molar-refractivity contribution is 5.65. The van der Waals surface area contributed by atoms with Crippen molar-refractivity contribution in [2.45, 2.75) is 0 Å². The highest BCUT2D eigenvalue weighted by Gasteiger charge is 2.18. The number of hydrogen-bond donors (Lipinski definition) is 2. The number of nitrogens with zero attached hydrogens (tertiary/aromatic N) is 4. The molecule has 0 atom stereocenters. The van der Waals surface area contributed by atoms with E-state index in [0.29, 0.717) is 12.4 Å². The molecule has 0 saturated carbocycles. The first-order valence-corrected chi connectivity index (χ1v) is 6.89. The van der Waals surface area contributed by atoms with Crippen LogP contribution in [0.3, 0.4) is 0 Å². The van der Waals surface area contributed by atoms with Crippen molar-refractivity contribution in [2.24, 2.45) is 0 Å². The molecular formula is C13H12N6O6. The fraction of sp³-hybridized carbons (Fsp3) is 0.154. The molecule has 2 N–H and O–H groups in total. The number of nitro groups is 3. The molecule has 0 fully saturated rings. The molecular weight excluding hydrogens is 336 g/mol. The normalized spacial score (nSPS) is 10.1. The van der Waals surface area contributed by atoms with Crippen LogP contribution in [0.5, 0.6) is 0 Å². The van der Waals surface area contributed by atoms with Crippen LogP contribution in [0.1, 0.15) is 0 Å². The molecule has 12 nitrogen and oxygen atoms in total. The number of anilines is 2. The lowest BCUT2D eigenvalue weighted by Crippen LogP contribution is -2.15. The maximum Gasteiger partial charge on any atom is 0.299 e. The molecule has 0 bridgehead atoms. The monoisotopic (exact) mass is 348 g/mol. The zero-order valence-corrected chi connectivity index (χ0v) is 12.6. The van der Waals surface area contributed by atoms with Gasteiger partial charge in [0.25, 0.3) is 17.1 Å². The number of pyridine rings is 1. The second kappa shape index (κ2) is 7.63. The van der Waals surface area contributed by atoms with E-state index < -0.39 is 20.5 Å². The molecule has 0 unspecified atom stereocenters. The fourth-order valence-electron chi connectivity index (χ4n) is 1.92. The first-order valence-electron chi connectivity index (χ1n) is 6.89. The van der Waals surface area contributed by atoms with E-state index in [-0.39, 0.29) is 23.6 Å². The van der Waals surface area contributed by atoms with Crippen molar-refractivity contribution in [3.05, 3.63) is 66.9 Å². The van der Waals surface area contributed by atoms with E-state index in [4.69, 9.17) is 0 Å². The summed E-state index contributed by atoms with van der Waals surface area (Å²) >= 11 is 0. The van der Waals surface area contributed by atoms with Crippen molar-refractivity contribution in [1.29, 1.82) is 0 Å². The van der Waals surface area contributed by atoms with Crippen LogP contribution in [0.4, 0.5) is 28.6 Å². The number of aromatic nitrogens is 1. The molecule has 0 amide bonds. The van der Waals surface area contributed by atoms with E-state index in [1.807, 2.05) is 0 Å². The van der Waals surface area contributed by atoms with Gasteiger partial charge in [-0.15, -0.1) is 0 Å². The van der Waals surface area contributed by atoms with Crippen molar-refractivity contribution in [1.82, 2.24) is 4.98 Å². The van der Waals surface area contributed by atoms with E-state index in [9.17, 15) is 30.3 Å². The predicted molar refractivity (Wildman–Crippen MR) is 87.6 cm³/mol. The van der Waals surface area contributed by atoms with Crippen LogP contribution in [0, 0.1) is 30.3 Å². The maximum atomic E-state index is 11.0. The number of non-ortho nitro benzene ring substituents is 1. The maximum absolute atomic E-state index is 11.0. The average molecular weight is 348 g/mol. The summed E-state index contributed by atoms with van der Waals surface area (Å²) in [6.45, 7) is 0.580. The standard InChI is InChI=1S/C13H12N6O6/c20-17(21)9-1-3-11(12(7-9)19(24)25)14-5-6-15-13-4-2-10(8-16-13)18(22)23/h1-4,7-8,14H,5-6H2,(H,15,16). The summed E-state index contributed by atoms with van der Waals surface area (Å²) in [5.74, 6) is 0.408. The van der Waals surface area contributed by atoms with Crippen LogP contribution in [0.2, 0.25) is 0 Å². The molecule has 0 spiro atoms. The Morgan fingerprint density at radius 1 is 0.840 bits per heavy atom. The quantitative estimate of drug-likeness (QED) is 0.413. The van der Waals surface area contributed by atoms with Crippen molar-refractivity contribution in [3.63, 3.8) is 0 Å². The van der Waals surface area contributed by atoms with Crippen molar-refractivity contribution >= 4 is 28.6 Å². The van der Waals surface area contributed by atoms with Gasteiger partial charge in [-0.05, 0) is 12.1 Å². The fourth-order valence-corrected chi connectivity index (χ4v) is 1.92. The highest BCUT2D eigenvalue weighted by Crippen LogP contribution is 2.28. The molecule has 25 heavy (non-hydrogen) atoms. The van der Waals surface area contributed by atoms with E-state index in [2.05, 4.69) is 15.6 Å². The highest BCUT2D eigenvalue weighted by atomic mass is 16.6. The largest absolute Gasteiger partial charge is 0.378 e. The minimum atomic E-state index is -0.710. The lowest BCUT2D eigenvalue weighted by molar-refractivity contribution is -0.393. The topological polar surface area (TPSA) is 166 Å². The average Bonchev–Trinajstić information content (AvgIpc) is 2.58. The predicted octanol–water partition coefficient (Wildman–Crippen LogP) is 2.33. The lowest BCUT2D eigenvalue weighted by Gasteiger charge is -2.08. The van der Waals surface area contributed by atoms with Crippen molar-refractivity contribution in [3.8, 4) is 0 Å². The number of nitro benzene ring substituents is 2. The van der Waals surface area contributed by atoms with Crippen LogP contribution in [0.25, 0.3) is 0 Å². The summed E-state index contributed by atoms with van der Waals surface area (Å²) in [6.07, 6.45) is 1.11. The summed E-state index contributed by atoms with van der Waals surface area (Å²) in [7, 11) is 0. The molecule has 0 aliphatic rings. The molecule has 2 rings (SSSR count). The minimum absolute atomic E-state index is 0.134. The van der Waals surface area contributed by atoms with Crippen LogP contribution >= 0.6 is 0 Å². The molecule has 0 radical (unpaired) electrons. The van der Waals surface area contributed by atoms with Gasteiger partial charge in [0, 0.05) is 25.2 Å². The van der Waals surface area contributed by atoms with E-state index in [1.165, 1.54) is 24.3 Å². The molecule has 130 valence electrons. The minimum Gasteiger partial charge on any atom is -0.378 e. The molecule has 0 saturated heterocycles. The number of nitrogens with one attached hydrogen (secondary N) is 2. The van der Waals surface area contributed by atoms with Crippen LogP contribution in [-0.2, 0) is 0 Å². The van der Waals surface area contributed by atoms with Gasteiger partial charge in [-0.3, -0.25) is 30.3 Å². The van der Waals surface area contributed by atoms with Crippen LogP contribution < -0.4 is 10.6 Å². The van der Waals surface area contributed by atoms with Gasteiger partial charge in [0.2, 0.25) is 0 Å². The smallest absolute Gasteiger partial charge is 0.299 e. The van der Waals surface area contributed by atoms with Crippen LogP contribution in [-0.4, -0.2) is 32.8 Å². The molecule has 0 aliphatic carbocycles. The van der Waals surface area contributed by atoms with Gasteiger partial charge in [-0.25, -0.2) is 4.98 Å². The van der Waals surface area contributed by atoms with Gasteiger partial charge in [0.15, 0.2) is 0 Å². The molecule has 1 aromatic heterocycles. The second-order valence-electron chi connectivity index (χ2n) is 4.73. The van der Waals surface area contributed by atoms with E-state index in [1.54, 1.807) is 0 Å². The Morgan fingerprint density at radius 3 is 2.04 bits per heavy atom. The molecule has 1 heterocycles. The Bertz CT molecular complexity index is 809. The molecule has 12 heteroatoms. The number of benzene rings is 1. The Labute approximate surface area is 139 Å². The lowest BCUT2D eigenvalue weighted by atomic mass is 10.2.